The van der Waals surface area contributed by atoms with Crippen molar-refractivity contribution in [2.75, 3.05) is 18.5 Å². The zero-order valence-corrected chi connectivity index (χ0v) is 10.2. The number of hydrogen-bond donors (Lipinski definition) is 1. The summed E-state index contributed by atoms with van der Waals surface area (Å²) < 4.78 is 2.17. The summed E-state index contributed by atoms with van der Waals surface area (Å²) in [6.07, 6.45) is 2.49. The molecule has 5 heteroatoms. The van der Waals surface area contributed by atoms with Crippen LogP contribution in [-0.2, 0) is 7.05 Å². The Balaban J connectivity index is 2.10. The van der Waals surface area contributed by atoms with E-state index in [0.717, 1.165) is 17.3 Å². The maximum Gasteiger partial charge on any atom is 0.352 e. The summed E-state index contributed by atoms with van der Waals surface area (Å²) in [5.41, 5.74) is 1.43. The fraction of sp³-hybridized carbons (Fsp3) is 0.545. The van der Waals surface area contributed by atoms with Crippen molar-refractivity contribution in [1.82, 2.24) is 4.57 Å². The van der Waals surface area contributed by atoms with Crippen LogP contribution in [0.25, 0.3) is 0 Å². The highest BCUT2D eigenvalue weighted by Crippen LogP contribution is 2.57. The SMILES string of the molecule is CN1CC2(CC2)Sc2c1cc(C(=O)O)n2C. The van der Waals surface area contributed by atoms with Crippen LogP contribution in [0.3, 0.4) is 0 Å². The van der Waals surface area contributed by atoms with Gasteiger partial charge in [0.15, 0.2) is 0 Å². The molecule has 0 unspecified atom stereocenters. The van der Waals surface area contributed by atoms with Crippen LogP contribution in [0.15, 0.2) is 11.1 Å². The second-order valence-electron chi connectivity index (χ2n) is 4.73. The molecule has 3 rings (SSSR count). The van der Waals surface area contributed by atoms with Crippen LogP contribution in [0.1, 0.15) is 23.3 Å². The van der Waals surface area contributed by atoms with E-state index in [1.54, 1.807) is 10.6 Å². The molecule has 1 fully saturated rings. The second kappa shape index (κ2) is 2.97. The third kappa shape index (κ3) is 1.27. The zero-order valence-electron chi connectivity index (χ0n) is 9.36. The first-order chi connectivity index (χ1) is 7.52. The number of fused-ring (bicyclic) bond motifs is 1. The average Bonchev–Trinajstić information content (AvgIpc) is 2.85. The smallest absolute Gasteiger partial charge is 0.352 e. The summed E-state index contributed by atoms with van der Waals surface area (Å²) in [5, 5.41) is 10.2. The number of aromatic carboxylic acids is 1. The number of carboxylic acids is 1. The molecule has 0 atom stereocenters. The molecule has 4 nitrogen and oxygen atoms in total. The fourth-order valence-corrected chi connectivity index (χ4v) is 3.85. The molecule has 0 saturated heterocycles. The summed E-state index contributed by atoms with van der Waals surface area (Å²) in [6.45, 7) is 1.04. The van der Waals surface area contributed by atoms with Crippen molar-refractivity contribution in [2.24, 2.45) is 7.05 Å². The minimum Gasteiger partial charge on any atom is -0.477 e. The van der Waals surface area contributed by atoms with E-state index >= 15 is 0 Å². The molecule has 2 aliphatic rings. The van der Waals surface area contributed by atoms with Crippen molar-refractivity contribution in [3.63, 3.8) is 0 Å². The molecule has 1 N–H and O–H groups in total. The molecular weight excluding hydrogens is 224 g/mol. The van der Waals surface area contributed by atoms with Crippen LogP contribution in [0.2, 0.25) is 0 Å². The molecule has 0 amide bonds. The molecule has 0 aromatic carbocycles. The molecule has 86 valence electrons. The van der Waals surface area contributed by atoms with Gasteiger partial charge in [-0.05, 0) is 18.9 Å². The van der Waals surface area contributed by atoms with Crippen LogP contribution < -0.4 is 4.90 Å². The van der Waals surface area contributed by atoms with Gasteiger partial charge in [-0.3, -0.25) is 0 Å². The lowest BCUT2D eigenvalue weighted by atomic mass is 10.3. The van der Waals surface area contributed by atoms with Gasteiger partial charge < -0.3 is 14.6 Å². The van der Waals surface area contributed by atoms with Gasteiger partial charge in [-0.15, -0.1) is 0 Å². The molecule has 0 bridgehead atoms. The molecule has 1 aliphatic heterocycles. The van der Waals surface area contributed by atoms with Gasteiger partial charge in [-0.1, -0.05) is 11.8 Å². The predicted octanol–water partition coefficient (Wildman–Crippen LogP) is 1.80. The molecule has 1 aromatic rings. The lowest BCUT2D eigenvalue weighted by molar-refractivity contribution is 0.0685. The van der Waals surface area contributed by atoms with Gasteiger partial charge >= 0.3 is 5.97 Å². The number of nitrogens with zero attached hydrogens (tertiary/aromatic N) is 2. The van der Waals surface area contributed by atoms with E-state index in [0.29, 0.717) is 10.4 Å². The topological polar surface area (TPSA) is 45.5 Å². The molecule has 1 spiro atoms. The Labute approximate surface area is 98.2 Å². The number of anilines is 1. The lowest BCUT2D eigenvalue weighted by Gasteiger charge is -2.31. The highest BCUT2D eigenvalue weighted by atomic mass is 32.2. The second-order valence-corrected chi connectivity index (χ2v) is 6.18. The van der Waals surface area contributed by atoms with Gasteiger partial charge in [0, 0.05) is 25.4 Å². The lowest BCUT2D eigenvalue weighted by Crippen LogP contribution is -2.32. The van der Waals surface area contributed by atoms with Crippen molar-refractivity contribution in [3.8, 4) is 0 Å². The van der Waals surface area contributed by atoms with E-state index < -0.39 is 5.97 Å². The van der Waals surface area contributed by atoms with Gasteiger partial charge in [0.25, 0.3) is 0 Å². The molecule has 2 heterocycles. The quantitative estimate of drug-likeness (QED) is 0.810. The van der Waals surface area contributed by atoms with Crippen molar-refractivity contribution < 1.29 is 9.90 Å². The molecule has 1 aromatic heterocycles. The minimum atomic E-state index is -0.851. The largest absolute Gasteiger partial charge is 0.477 e. The Morgan fingerprint density at radius 1 is 1.50 bits per heavy atom. The maximum atomic E-state index is 11.1. The van der Waals surface area contributed by atoms with E-state index in [1.165, 1.54) is 12.8 Å². The van der Waals surface area contributed by atoms with Gasteiger partial charge in [-0.25, -0.2) is 4.79 Å². The Hall–Kier alpha value is -1.10. The molecule has 0 radical (unpaired) electrons. The van der Waals surface area contributed by atoms with E-state index in [1.807, 2.05) is 25.9 Å². The molecular formula is C11H14N2O2S. The zero-order chi connectivity index (χ0) is 11.5. The number of carboxylic acid groups (broad SMARTS) is 1. The van der Waals surface area contributed by atoms with Gasteiger partial charge in [0.05, 0.1) is 10.7 Å². The minimum absolute atomic E-state index is 0.365. The van der Waals surface area contributed by atoms with E-state index in [9.17, 15) is 4.79 Å². The monoisotopic (exact) mass is 238 g/mol. The van der Waals surface area contributed by atoms with Crippen LogP contribution in [0.5, 0.6) is 0 Å². The van der Waals surface area contributed by atoms with Crippen LogP contribution in [0.4, 0.5) is 5.69 Å². The van der Waals surface area contributed by atoms with Gasteiger partial charge in [0.2, 0.25) is 0 Å². The summed E-state index contributed by atoms with van der Waals surface area (Å²) in [6, 6.07) is 1.78. The maximum absolute atomic E-state index is 11.1. The highest BCUT2D eigenvalue weighted by Gasteiger charge is 2.49. The van der Waals surface area contributed by atoms with Crippen LogP contribution in [-0.4, -0.2) is 34.0 Å². The Kier molecular flexibility index (Phi) is 1.87. The predicted molar refractivity (Wildman–Crippen MR) is 63.5 cm³/mol. The van der Waals surface area contributed by atoms with Crippen molar-refractivity contribution >= 4 is 23.4 Å². The van der Waals surface area contributed by atoms with Crippen molar-refractivity contribution in [1.29, 1.82) is 0 Å². The van der Waals surface area contributed by atoms with E-state index in [4.69, 9.17) is 5.11 Å². The Morgan fingerprint density at radius 2 is 2.19 bits per heavy atom. The molecule has 1 saturated carbocycles. The fourth-order valence-electron chi connectivity index (χ4n) is 2.32. The van der Waals surface area contributed by atoms with Gasteiger partial charge in [0.1, 0.15) is 5.69 Å². The first kappa shape index (κ1) is 10.1. The molecule has 16 heavy (non-hydrogen) atoms. The molecule has 1 aliphatic carbocycles. The first-order valence-corrected chi connectivity index (χ1v) is 6.17. The normalized spacial score (nSPS) is 21.0. The van der Waals surface area contributed by atoms with Crippen LogP contribution in [0, 0.1) is 0 Å². The van der Waals surface area contributed by atoms with Crippen molar-refractivity contribution in [3.05, 3.63) is 11.8 Å². The highest BCUT2D eigenvalue weighted by molar-refractivity contribution is 8.01. The summed E-state index contributed by atoms with van der Waals surface area (Å²) in [5.74, 6) is -0.851. The Bertz CT molecular complexity index is 477. The average molecular weight is 238 g/mol. The number of thioether (sulfide) groups is 1. The first-order valence-electron chi connectivity index (χ1n) is 5.36. The summed E-state index contributed by atoms with van der Waals surface area (Å²) in [4.78, 5) is 13.3. The number of aromatic nitrogens is 1. The summed E-state index contributed by atoms with van der Waals surface area (Å²) in [7, 11) is 3.88. The van der Waals surface area contributed by atoms with Crippen LogP contribution >= 0.6 is 11.8 Å². The van der Waals surface area contributed by atoms with Gasteiger partial charge in [-0.2, -0.15) is 0 Å². The Morgan fingerprint density at radius 3 is 2.75 bits per heavy atom. The number of carbonyl (C=O) groups is 1. The standard InChI is InChI=1S/C11H14N2O2S/c1-12-6-11(3-4-11)16-9-7(12)5-8(10(14)15)13(9)2/h5H,3-4,6H2,1-2H3,(H,14,15). The number of rotatable bonds is 1. The summed E-state index contributed by atoms with van der Waals surface area (Å²) >= 11 is 1.85. The number of hydrogen-bond acceptors (Lipinski definition) is 3. The van der Waals surface area contributed by atoms with Crippen molar-refractivity contribution in [2.45, 2.75) is 22.6 Å². The van der Waals surface area contributed by atoms with E-state index in [-0.39, 0.29) is 0 Å². The third-order valence-electron chi connectivity index (χ3n) is 3.44. The third-order valence-corrected chi connectivity index (χ3v) is 5.08. The van der Waals surface area contributed by atoms with E-state index in [2.05, 4.69) is 4.90 Å².